The number of aromatic nitrogens is 4. The van der Waals surface area contributed by atoms with E-state index >= 15 is 0 Å². The van der Waals surface area contributed by atoms with E-state index < -0.39 is 0 Å². The van der Waals surface area contributed by atoms with Crippen LogP contribution in [0.4, 0.5) is 11.6 Å². The molecule has 4 aromatic rings. The van der Waals surface area contributed by atoms with Crippen molar-refractivity contribution in [3.05, 3.63) is 76.2 Å². The number of hydrogen-bond donors (Lipinski definition) is 1. The van der Waals surface area contributed by atoms with Crippen molar-refractivity contribution < 1.29 is 39.8 Å². The summed E-state index contributed by atoms with van der Waals surface area (Å²) in [5.74, 6) is 1.34. The Bertz CT molecular complexity index is 1320. The Morgan fingerprint density at radius 1 is 0.750 bits per heavy atom. The number of hydrogen-bond acceptors (Lipinski definition) is 10. The first kappa shape index (κ1) is 37.6. The van der Waals surface area contributed by atoms with Crippen molar-refractivity contribution in [3.8, 4) is 0 Å². The predicted molar refractivity (Wildman–Crippen MR) is 163 cm³/mol. The molecule has 4 heterocycles. The van der Waals surface area contributed by atoms with Gasteiger partial charge >= 0.3 is 29.6 Å². The number of aliphatic hydroxyl groups is 1. The van der Waals surface area contributed by atoms with Gasteiger partial charge in [0.15, 0.2) is 8.93 Å². The van der Waals surface area contributed by atoms with Gasteiger partial charge in [-0.2, -0.15) is 7.11 Å². The average Bonchev–Trinajstić information content (AvgIpc) is 3.56. The van der Waals surface area contributed by atoms with Crippen molar-refractivity contribution in [2.45, 2.75) is 33.5 Å². The molecule has 0 amide bonds. The molecule has 0 fully saturated rings. The van der Waals surface area contributed by atoms with Gasteiger partial charge in [0.2, 0.25) is 0 Å². The van der Waals surface area contributed by atoms with Crippen LogP contribution in [-0.4, -0.2) is 45.2 Å². The second-order valence-electron chi connectivity index (χ2n) is 7.39. The minimum Gasteiger partial charge on any atom is -0.857 e. The van der Waals surface area contributed by atoms with E-state index in [1.807, 2.05) is 23.6 Å². The number of pyridine rings is 2. The molecule has 212 valence electrons. The van der Waals surface area contributed by atoms with Crippen molar-refractivity contribution >= 4 is 92.3 Å². The minimum atomic E-state index is -0.103. The normalized spacial score (nSPS) is 10.1. The van der Waals surface area contributed by atoms with Crippen LogP contribution in [0.25, 0.3) is 0 Å². The first-order chi connectivity index (χ1) is 18.7. The quantitative estimate of drug-likeness (QED) is 0.208. The van der Waals surface area contributed by atoms with Crippen molar-refractivity contribution in [2.75, 3.05) is 30.0 Å². The fraction of sp³-hybridized carbons (Fsp3) is 0.333. The largest absolute Gasteiger partial charge is 1.00 e. The van der Waals surface area contributed by atoms with Gasteiger partial charge in [-0.3, -0.25) is 0 Å². The minimum absolute atomic E-state index is 0. The van der Waals surface area contributed by atoms with Crippen molar-refractivity contribution in [2.24, 2.45) is 0 Å². The molecule has 0 aliphatic heterocycles. The third kappa shape index (κ3) is 11.7. The summed E-state index contributed by atoms with van der Waals surface area (Å²) in [6.07, 6.45) is 3.51. The zero-order chi connectivity index (χ0) is 28.9. The molecule has 0 spiro atoms. The molecule has 0 saturated carbocycles. The Kier molecular flexibility index (Phi) is 18.5. The Labute approximate surface area is 289 Å². The fourth-order valence-electron chi connectivity index (χ4n) is 3.17. The van der Waals surface area contributed by atoms with Gasteiger partial charge in [0.05, 0.1) is 35.4 Å². The summed E-state index contributed by atoms with van der Waals surface area (Å²) >= 11 is 32.7. The number of aliphatic hydroxyl groups excluding tert-OH is 1. The van der Waals surface area contributed by atoms with Gasteiger partial charge in [0.1, 0.15) is 16.8 Å². The molecule has 4 rings (SSSR count). The Morgan fingerprint density at radius 2 is 1.20 bits per heavy atom. The van der Waals surface area contributed by atoms with Crippen LogP contribution in [-0.2, 0) is 19.7 Å². The number of halogens is 5. The summed E-state index contributed by atoms with van der Waals surface area (Å²) in [7, 11) is 0.750. The smallest absolute Gasteiger partial charge is 0.857 e. The van der Waals surface area contributed by atoms with Crippen LogP contribution >= 0.6 is 80.7 Å². The maximum Gasteiger partial charge on any atom is 1.00 e. The predicted octanol–water partition coefficient (Wildman–Crippen LogP) is 3.87. The molecular formula is C24H26Cl5N6NaO2S2. The second kappa shape index (κ2) is 19.7. The van der Waals surface area contributed by atoms with Crippen LogP contribution in [0.15, 0.2) is 36.7 Å². The summed E-state index contributed by atoms with van der Waals surface area (Å²) in [6.45, 7) is 6.76. The molecule has 0 bridgehead atoms. The van der Waals surface area contributed by atoms with E-state index in [0.29, 0.717) is 54.6 Å². The average molecular weight is 695 g/mol. The summed E-state index contributed by atoms with van der Waals surface area (Å²) in [4.78, 5) is 22.8. The van der Waals surface area contributed by atoms with E-state index in [9.17, 15) is 0 Å². The summed E-state index contributed by atoms with van der Waals surface area (Å²) < 4.78 is 1.06. The van der Waals surface area contributed by atoms with Crippen LogP contribution in [0.1, 0.15) is 29.3 Å². The third-order valence-electron chi connectivity index (χ3n) is 4.95. The molecule has 0 aliphatic carbocycles. The number of thiazole rings is 2. The van der Waals surface area contributed by atoms with E-state index in [2.05, 4.69) is 19.9 Å². The Hall–Kier alpha value is -0.470. The molecule has 0 unspecified atom stereocenters. The van der Waals surface area contributed by atoms with Gasteiger partial charge in [-0.25, -0.2) is 19.9 Å². The van der Waals surface area contributed by atoms with Gasteiger partial charge in [0, 0.05) is 35.2 Å². The van der Waals surface area contributed by atoms with Crippen LogP contribution < -0.4 is 44.5 Å². The first-order valence-corrected chi connectivity index (χ1v) is 15.0. The zero-order valence-corrected chi connectivity index (χ0v) is 29.7. The standard InChI is InChI=1S/C12H13Cl2N3OS.C11H10Cl3N3S.CH3O.Na/c1-2-17(6-9-5-15-12(14)19-9)11-10(13)4-3-8(7-18)16-11;1-2-17(6-7-5-15-11(14)18-7)10-8(12)3-4-9(13)16-10;1-2;/h3-5,18H,2,6-7H2,1H3;3-5H,2,6H2,1H3;1H3;/q;;-1;+1. The molecule has 16 heteroatoms. The molecule has 1 N–H and O–H groups in total. The molecule has 0 aromatic carbocycles. The molecular weight excluding hydrogens is 669 g/mol. The summed E-state index contributed by atoms with van der Waals surface area (Å²) in [5, 5.41) is 19.0. The molecule has 0 aliphatic rings. The van der Waals surface area contributed by atoms with E-state index in [1.165, 1.54) is 22.7 Å². The van der Waals surface area contributed by atoms with E-state index in [1.54, 1.807) is 36.7 Å². The summed E-state index contributed by atoms with van der Waals surface area (Å²) in [6, 6.07) is 6.88. The van der Waals surface area contributed by atoms with Crippen LogP contribution in [0.3, 0.4) is 0 Å². The fourth-order valence-corrected chi connectivity index (χ4v) is 5.75. The van der Waals surface area contributed by atoms with Gasteiger partial charge in [-0.05, 0) is 38.1 Å². The van der Waals surface area contributed by atoms with Crippen LogP contribution in [0.2, 0.25) is 24.1 Å². The van der Waals surface area contributed by atoms with Gasteiger partial charge < -0.3 is 20.0 Å². The molecule has 40 heavy (non-hydrogen) atoms. The molecule has 4 aromatic heterocycles. The molecule has 0 radical (unpaired) electrons. The Morgan fingerprint density at radius 3 is 1.60 bits per heavy atom. The number of rotatable bonds is 9. The van der Waals surface area contributed by atoms with Gasteiger partial charge in [0.25, 0.3) is 0 Å². The monoisotopic (exact) mass is 692 g/mol. The third-order valence-corrected chi connectivity index (χ3v) is 7.95. The van der Waals surface area contributed by atoms with Crippen molar-refractivity contribution in [1.82, 2.24) is 19.9 Å². The van der Waals surface area contributed by atoms with Crippen molar-refractivity contribution in [3.63, 3.8) is 0 Å². The first-order valence-electron chi connectivity index (χ1n) is 11.4. The zero-order valence-electron chi connectivity index (χ0n) is 22.2. The topological polar surface area (TPSA) is 101 Å². The maximum atomic E-state index is 9.15. The van der Waals surface area contributed by atoms with Gasteiger partial charge in [-0.15, -0.1) is 22.7 Å². The second-order valence-corrected chi connectivity index (χ2v) is 12.0. The van der Waals surface area contributed by atoms with Gasteiger partial charge in [-0.1, -0.05) is 58.0 Å². The van der Waals surface area contributed by atoms with E-state index in [-0.39, 0.29) is 36.2 Å². The van der Waals surface area contributed by atoms with E-state index in [0.717, 1.165) is 30.0 Å². The number of nitrogens with zero attached hydrogens (tertiary/aromatic N) is 6. The van der Waals surface area contributed by atoms with E-state index in [4.69, 9.17) is 68.2 Å². The van der Waals surface area contributed by atoms with Crippen LogP contribution in [0.5, 0.6) is 0 Å². The maximum absolute atomic E-state index is 9.15. The number of anilines is 2. The molecule has 0 saturated heterocycles. The molecule has 8 nitrogen and oxygen atoms in total. The van der Waals surface area contributed by atoms with Crippen LogP contribution in [0, 0.1) is 0 Å². The summed E-state index contributed by atoms with van der Waals surface area (Å²) in [5.41, 5.74) is 0.597. The molecule has 0 atom stereocenters. The van der Waals surface area contributed by atoms with Crippen molar-refractivity contribution in [1.29, 1.82) is 0 Å². The Balaban J connectivity index is 0.000000368. The SMILES string of the molecule is CCN(Cc1cnc(Cl)s1)c1nc(CO)ccc1Cl.CCN(Cc1cnc(Cl)s1)c1nc(Cl)ccc1Cl.C[O-].[Na+].